The number of carbonyl (C=O) groups excluding carboxylic acids is 2. The highest BCUT2D eigenvalue weighted by atomic mass is 16.2. The summed E-state index contributed by atoms with van der Waals surface area (Å²) in [6.45, 7) is 0.782. The predicted octanol–water partition coefficient (Wildman–Crippen LogP) is 0.821. The molecule has 2 rings (SSSR count). The number of hydrogen-bond donors (Lipinski definition) is 1. The normalized spacial score (nSPS) is 15.1. The van der Waals surface area contributed by atoms with Gasteiger partial charge in [-0.2, -0.15) is 0 Å². The summed E-state index contributed by atoms with van der Waals surface area (Å²) < 4.78 is 0. The van der Waals surface area contributed by atoms with Crippen molar-refractivity contribution >= 4 is 11.8 Å². The summed E-state index contributed by atoms with van der Waals surface area (Å²) in [5, 5.41) is 2.54. The molecule has 0 radical (unpaired) electrons. The molecule has 2 amide bonds. The molecule has 4 nitrogen and oxygen atoms in total. The molecule has 1 aliphatic heterocycles. The smallest absolute Gasteiger partial charge is 0.254 e. The van der Waals surface area contributed by atoms with Gasteiger partial charge in [-0.05, 0) is 24.5 Å². The fourth-order valence-corrected chi connectivity index (χ4v) is 2.08. The van der Waals surface area contributed by atoms with Gasteiger partial charge in [-0.3, -0.25) is 9.59 Å². The maximum atomic E-state index is 12.2. The van der Waals surface area contributed by atoms with Crippen LogP contribution in [0.25, 0.3) is 0 Å². The molecule has 0 spiro atoms. The Morgan fingerprint density at radius 2 is 2.18 bits per heavy atom. The minimum absolute atomic E-state index is 0.0401. The number of nitrogens with one attached hydrogen (secondary N) is 1. The lowest BCUT2D eigenvalue weighted by Gasteiger charge is -2.19. The molecule has 0 atom stereocenters. The zero-order valence-electron chi connectivity index (χ0n) is 9.90. The van der Waals surface area contributed by atoms with Crippen molar-refractivity contribution in [3.63, 3.8) is 0 Å². The fourth-order valence-electron chi connectivity index (χ4n) is 2.08. The van der Waals surface area contributed by atoms with Gasteiger partial charge < -0.3 is 10.2 Å². The number of aryl methyl sites for hydroxylation is 1. The molecular weight excluding hydrogens is 216 g/mol. The second-order valence-corrected chi connectivity index (χ2v) is 4.16. The van der Waals surface area contributed by atoms with Crippen LogP contribution in [0.15, 0.2) is 24.3 Å². The van der Waals surface area contributed by atoms with Crippen molar-refractivity contribution in [2.45, 2.75) is 12.8 Å². The summed E-state index contributed by atoms with van der Waals surface area (Å²) in [6, 6.07) is 7.62. The molecule has 0 fully saturated rings. The molecule has 1 aromatic rings. The lowest BCUT2D eigenvalue weighted by molar-refractivity contribution is -0.121. The van der Waals surface area contributed by atoms with Gasteiger partial charge in [0, 0.05) is 19.2 Å². The number of benzene rings is 1. The van der Waals surface area contributed by atoms with Crippen molar-refractivity contribution in [2.24, 2.45) is 0 Å². The van der Waals surface area contributed by atoms with Gasteiger partial charge in [-0.15, -0.1) is 0 Å². The molecule has 17 heavy (non-hydrogen) atoms. The summed E-state index contributed by atoms with van der Waals surface area (Å²) in [7, 11) is 1.58. The maximum absolute atomic E-state index is 12.2. The number of fused-ring (bicyclic) bond motifs is 1. The average Bonchev–Trinajstić information content (AvgIpc) is 2.51. The third-order valence-electron chi connectivity index (χ3n) is 3.02. The van der Waals surface area contributed by atoms with E-state index in [-0.39, 0.29) is 18.4 Å². The van der Waals surface area contributed by atoms with Crippen LogP contribution in [0.1, 0.15) is 22.3 Å². The number of rotatable bonds is 2. The standard InChI is InChI=1S/C13H16N2O2/c1-14-12(16)9-15-8-4-6-10-5-2-3-7-11(10)13(15)17/h2-3,5,7H,4,6,8-9H2,1H3,(H,14,16). The summed E-state index contributed by atoms with van der Waals surface area (Å²) in [5.41, 5.74) is 1.81. The minimum Gasteiger partial charge on any atom is -0.358 e. The van der Waals surface area contributed by atoms with Crippen molar-refractivity contribution in [2.75, 3.05) is 20.1 Å². The van der Waals surface area contributed by atoms with Gasteiger partial charge in [0.1, 0.15) is 0 Å². The molecular formula is C13H16N2O2. The van der Waals surface area contributed by atoms with Crippen LogP contribution < -0.4 is 5.32 Å². The van der Waals surface area contributed by atoms with E-state index >= 15 is 0 Å². The number of nitrogens with zero attached hydrogens (tertiary/aromatic N) is 1. The third-order valence-corrected chi connectivity index (χ3v) is 3.02. The highest BCUT2D eigenvalue weighted by Gasteiger charge is 2.23. The second kappa shape index (κ2) is 4.99. The van der Waals surface area contributed by atoms with Gasteiger partial charge in [0.25, 0.3) is 5.91 Å². The van der Waals surface area contributed by atoms with Crippen molar-refractivity contribution in [3.05, 3.63) is 35.4 Å². The van der Waals surface area contributed by atoms with E-state index in [1.54, 1.807) is 11.9 Å². The molecule has 0 saturated heterocycles. The largest absolute Gasteiger partial charge is 0.358 e. The van der Waals surface area contributed by atoms with Gasteiger partial charge in [-0.1, -0.05) is 18.2 Å². The van der Waals surface area contributed by atoms with E-state index in [1.165, 1.54) is 0 Å². The van der Waals surface area contributed by atoms with Gasteiger partial charge in [0.2, 0.25) is 5.91 Å². The minimum atomic E-state index is -0.127. The lowest BCUT2D eigenvalue weighted by Crippen LogP contribution is -2.39. The Balaban J connectivity index is 2.23. The lowest BCUT2D eigenvalue weighted by atomic mass is 10.0. The number of hydrogen-bond acceptors (Lipinski definition) is 2. The van der Waals surface area contributed by atoms with Gasteiger partial charge >= 0.3 is 0 Å². The predicted molar refractivity (Wildman–Crippen MR) is 64.7 cm³/mol. The molecule has 90 valence electrons. The molecule has 0 aromatic heterocycles. The van der Waals surface area contributed by atoms with Crippen LogP contribution in [0, 0.1) is 0 Å². The fraction of sp³-hybridized carbons (Fsp3) is 0.385. The zero-order valence-corrected chi connectivity index (χ0v) is 9.90. The monoisotopic (exact) mass is 232 g/mol. The Hall–Kier alpha value is -1.84. The van der Waals surface area contributed by atoms with Crippen LogP contribution in [0.5, 0.6) is 0 Å². The topological polar surface area (TPSA) is 49.4 Å². The van der Waals surface area contributed by atoms with E-state index in [0.717, 1.165) is 24.0 Å². The van der Waals surface area contributed by atoms with Crippen molar-refractivity contribution < 1.29 is 9.59 Å². The van der Waals surface area contributed by atoms with E-state index in [2.05, 4.69) is 5.32 Å². The van der Waals surface area contributed by atoms with Crippen LogP contribution in [-0.2, 0) is 11.2 Å². The molecule has 1 heterocycles. The molecule has 4 heteroatoms. The molecule has 1 N–H and O–H groups in total. The van der Waals surface area contributed by atoms with E-state index in [4.69, 9.17) is 0 Å². The van der Waals surface area contributed by atoms with Crippen LogP contribution in [0.3, 0.4) is 0 Å². The third kappa shape index (κ3) is 2.46. The molecule has 1 aromatic carbocycles. The van der Waals surface area contributed by atoms with Gasteiger partial charge in [0.05, 0.1) is 6.54 Å². The number of amides is 2. The molecule has 1 aliphatic rings. The van der Waals surface area contributed by atoms with Crippen molar-refractivity contribution in [1.29, 1.82) is 0 Å². The first-order chi connectivity index (χ1) is 8.22. The Morgan fingerprint density at radius 1 is 1.41 bits per heavy atom. The molecule has 0 bridgehead atoms. The maximum Gasteiger partial charge on any atom is 0.254 e. The van der Waals surface area contributed by atoms with Crippen LogP contribution >= 0.6 is 0 Å². The zero-order chi connectivity index (χ0) is 12.3. The summed E-state index contributed by atoms with van der Waals surface area (Å²) in [4.78, 5) is 25.2. The quantitative estimate of drug-likeness (QED) is 0.820. The first-order valence-corrected chi connectivity index (χ1v) is 5.80. The first kappa shape index (κ1) is 11.6. The van der Waals surface area contributed by atoms with Gasteiger partial charge in [0.15, 0.2) is 0 Å². The first-order valence-electron chi connectivity index (χ1n) is 5.80. The molecule has 0 saturated carbocycles. The van der Waals surface area contributed by atoms with Crippen LogP contribution in [0.2, 0.25) is 0 Å². The SMILES string of the molecule is CNC(=O)CN1CCCc2ccccc2C1=O. The number of likely N-dealkylation sites (N-methyl/N-ethyl adjacent to an activating group) is 1. The van der Waals surface area contributed by atoms with Crippen LogP contribution in [0.4, 0.5) is 0 Å². The van der Waals surface area contributed by atoms with E-state index < -0.39 is 0 Å². The van der Waals surface area contributed by atoms with Crippen LogP contribution in [-0.4, -0.2) is 36.9 Å². The Bertz CT molecular complexity index is 443. The van der Waals surface area contributed by atoms with Crippen molar-refractivity contribution in [1.82, 2.24) is 10.2 Å². The summed E-state index contributed by atoms with van der Waals surface area (Å²) in [5.74, 6) is -0.167. The highest BCUT2D eigenvalue weighted by Crippen LogP contribution is 2.18. The van der Waals surface area contributed by atoms with E-state index in [1.807, 2.05) is 24.3 Å². The highest BCUT2D eigenvalue weighted by molar-refractivity contribution is 5.98. The second-order valence-electron chi connectivity index (χ2n) is 4.16. The van der Waals surface area contributed by atoms with Gasteiger partial charge in [-0.25, -0.2) is 0 Å². The molecule has 0 unspecified atom stereocenters. The van der Waals surface area contributed by atoms with Crippen molar-refractivity contribution in [3.8, 4) is 0 Å². The van der Waals surface area contributed by atoms with E-state index in [9.17, 15) is 9.59 Å². The number of carbonyl (C=O) groups is 2. The summed E-state index contributed by atoms with van der Waals surface area (Å²) >= 11 is 0. The molecule has 0 aliphatic carbocycles. The van der Waals surface area contributed by atoms with E-state index in [0.29, 0.717) is 6.54 Å². The Morgan fingerprint density at radius 3 is 2.94 bits per heavy atom. The summed E-state index contributed by atoms with van der Waals surface area (Å²) in [6.07, 6.45) is 1.80. The Labute approximate surface area is 101 Å². The Kier molecular flexibility index (Phi) is 3.42. The average molecular weight is 232 g/mol.